The van der Waals surface area contributed by atoms with Crippen molar-refractivity contribution >= 4 is 34.3 Å². The zero-order valence-electron chi connectivity index (χ0n) is 22.2. The fourth-order valence-electron chi connectivity index (χ4n) is 4.95. The second-order valence-corrected chi connectivity index (χ2v) is 10.4. The predicted molar refractivity (Wildman–Crippen MR) is 150 cm³/mol. The molecule has 1 unspecified atom stereocenters. The van der Waals surface area contributed by atoms with E-state index in [0.717, 1.165) is 23.0 Å². The van der Waals surface area contributed by atoms with E-state index in [2.05, 4.69) is 29.8 Å². The van der Waals surface area contributed by atoms with Crippen LogP contribution in [-0.2, 0) is 16.1 Å². The van der Waals surface area contributed by atoms with Crippen LogP contribution in [0.5, 0.6) is 5.75 Å². The second-order valence-electron chi connectivity index (χ2n) is 9.39. The summed E-state index contributed by atoms with van der Waals surface area (Å²) >= 11 is 1.32. The monoisotopic (exact) mass is 529 g/mol. The molecule has 8 heteroatoms. The first-order valence-corrected chi connectivity index (χ1v) is 13.7. The molecular weight excluding hydrogens is 498 g/mol. The van der Waals surface area contributed by atoms with Crippen molar-refractivity contribution < 1.29 is 14.3 Å². The number of ether oxygens (including phenoxy) is 2. The van der Waals surface area contributed by atoms with Gasteiger partial charge in [-0.15, -0.1) is 0 Å². The van der Waals surface area contributed by atoms with E-state index in [9.17, 15) is 9.59 Å². The minimum Gasteiger partial charge on any atom is -0.491 e. The Morgan fingerprint density at radius 3 is 2.61 bits per heavy atom. The molecule has 3 heterocycles. The fourth-order valence-corrected chi connectivity index (χ4v) is 5.98. The number of fused-ring (bicyclic) bond motifs is 2. The molecule has 38 heavy (non-hydrogen) atoms. The second kappa shape index (κ2) is 10.5. The summed E-state index contributed by atoms with van der Waals surface area (Å²) < 4.78 is 15.9. The molecule has 1 aliphatic heterocycles. The van der Waals surface area contributed by atoms with E-state index in [0.29, 0.717) is 31.9 Å². The first-order valence-electron chi connectivity index (χ1n) is 12.9. The lowest BCUT2D eigenvalue weighted by atomic mass is 9.95. The van der Waals surface area contributed by atoms with Gasteiger partial charge in [0.15, 0.2) is 4.80 Å². The average Bonchev–Trinajstić information content (AvgIpc) is 3.40. The van der Waals surface area contributed by atoms with Crippen molar-refractivity contribution in [1.29, 1.82) is 0 Å². The number of para-hydroxylation sites is 2. The van der Waals surface area contributed by atoms with Gasteiger partial charge in [-0.25, -0.2) is 9.79 Å². The maximum absolute atomic E-state index is 14.0. The molecule has 0 spiro atoms. The van der Waals surface area contributed by atoms with Gasteiger partial charge >= 0.3 is 5.97 Å². The van der Waals surface area contributed by atoms with Gasteiger partial charge in [0.1, 0.15) is 11.8 Å². The van der Waals surface area contributed by atoms with Crippen LogP contribution in [0, 0.1) is 0 Å². The Balaban J connectivity index is 1.76. The number of allylic oxidation sites excluding steroid dienone is 1. The Morgan fingerprint density at radius 1 is 1.13 bits per heavy atom. The van der Waals surface area contributed by atoms with Crippen molar-refractivity contribution in [2.45, 2.75) is 53.3 Å². The van der Waals surface area contributed by atoms with Crippen molar-refractivity contribution in [3.8, 4) is 5.75 Å². The van der Waals surface area contributed by atoms with E-state index >= 15 is 0 Å². The molecule has 0 fully saturated rings. The molecular formula is C30H31N3O4S. The quantitative estimate of drug-likeness (QED) is 0.329. The number of thiazole rings is 1. The summed E-state index contributed by atoms with van der Waals surface area (Å²) in [6.07, 6.45) is 3.91. The topological polar surface area (TPSA) is 74.8 Å². The lowest BCUT2D eigenvalue weighted by Gasteiger charge is -2.26. The Labute approximate surface area is 225 Å². The molecule has 2 aromatic heterocycles. The third-order valence-electron chi connectivity index (χ3n) is 6.54. The normalized spacial score (nSPS) is 15.6. The highest BCUT2D eigenvalue weighted by Crippen LogP contribution is 2.36. The summed E-state index contributed by atoms with van der Waals surface area (Å²) in [7, 11) is 0. The van der Waals surface area contributed by atoms with E-state index < -0.39 is 12.0 Å². The standard InChI is InChI=1S/C30H31N3O4S/c1-6-32-17-20(21-12-8-10-14-23(21)32)16-25-28(34)33-27(22-13-9-11-15-24(22)37-18(3)4)26(29(35)36-7-2)19(5)31-30(33)38-25/h8-18,27H,6-7H2,1-5H3/b25-16-. The lowest BCUT2D eigenvalue weighted by molar-refractivity contribution is -0.139. The molecule has 5 rings (SSSR count). The van der Waals surface area contributed by atoms with Gasteiger partial charge < -0.3 is 14.0 Å². The number of benzene rings is 2. The Hall–Kier alpha value is -3.91. The van der Waals surface area contributed by atoms with Crippen LogP contribution in [0.25, 0.3) is 17.0 Å². The van der Waals surface area contributed by atoms with Gasteiger partial charge in [0.2, 0.25) is 0 Å². The van der Waals surface area contributed by atoms with E-state index in [1.807, 2.05) is 56.3 Å². The molecule has 1 aliphatic rings. The Bertz CT molecular complexity index is 1740. The SMILES string of the molecule is CCOC(=O)C1=C(C)N=c2s/c(=C\c3cn(CC)c4ccccc34)c(=O)n2C1c1ccccc1OC(C)C. The van der Waals surface area contributed by atoms with Crippen LogP contribution >= 0.6 is 11.3 Å². The van der Waals surface area contributed by atoms with Crippen molar-refractivity contribution in [3.05, 3.63) is 96.8 Å². The van der Waals surface area contributed by atoms with Crippen molar-refractivity contribution in [2.75, 3.05) is 6.61 Å². The summed E-state index contributed by atoms with van der Waals surface area (Å²) in [6.45, 7) is 10.6. The maximum Gasteiger partial charge on any atom is 0.338 e. The first-order chi connectivity index (χ1) is 18.3. The largest absolute Gasteiger partial charge is 0.491 e. The van der Waals surface area contributed by atoms with Crippen molar-refractivity contribution in [3.63, 3.8) is 0 Å². The van der Waals surface area contributed by atoms with Crippen LogP contribution in [0.2, 0.25) is 0 Å². The van der Waals surface area contributed by atoms with Gasteiger partial charge in [0.25, 0.3) is 5.56 Å². The van der Waals surface area contributed by atoms with Crippen LogP contribution in [0.1, 0.15) is 51.8 Å². The summed E-state index contributed by atoms with van der Waals surface area (Å²) in [5.41, 5.74) is 3.46. The molecule has 0 bridgehead atoms. The predicted octanol–water partition coefficient (Wildman–Crippen LogP) is 4.56. The third-order valence-corrected chi connectivity index (χ3v) is 7.52. The average molecular weight is 530 g/mol. The minimum absolute atomic E-state index is 0.0843. The molecule has 0 amide bonds. The van der Waals surface area contributed by atoms with Crippen molar-refractivity contribution in [2.24, 2.45) is 4.99 Å². The van der Waals surface area contributed by atoms with Crippen LogP contribution in [0.4, 0.5) is 0 Å². The molecule has 7 nitrogen and oxygen atoms in total. The van der Waals surface area contributed by atoms with E-state index in [4.69, 9.17) is 14.5 Å². The van der Waals surface area contributed by atoms with Gasteiger partial charge in [-0.1, -0.05) is 47.7 Å². The number of aromatic nitrogens is 2. The molecule has 1 atom stereocenters. The van der Waals surface area contributed by atoms with Crippen LogP contribution in [0.15, 0.2) is 75.8 Å². The summed E-state index contributed by atoms with van der Waals surface area (Å²) in [5, 5.41) is 1.08. The first kappa shape index (κ1) is 25.7. The Morgan fingerprint density at radius 2 is 1.87 bits per heavy atom. The van der Waals surface area contributed by atoms with Gasteiger partial charge in [0, 0.05) is 34.8 Å². The number of hydrogen-bond acceptors (Lipinski definition) is 6. The number of carbonyl (C=O) groups is 1. The zero-order valence-corrected chi connectivity index (χ0v) is 23.0. The summed E-state index contributed by atoms with van der Waals surface area (Å²) in [4.78, 5) is 32.5. The molecule has 4 aromatic rings. The number of hydrogen-bond donors (Lipinski definition) is 0. The molecule has 2 aromatic carbocycles. The molecule has 0 N–H and O–H groups in total. The van der Waals surface area contributed by atoms with Gasteiger partial charge in [-0.05, 0) is 52.8 Å². The number of nitrogens with zero attached hydrogens (tertiary/aromatic N) is 3. The highest BCUT2D eigenvalue weighted by Gasteiger charge is 2.35. The summed E-state index contributed by atoms with van der Waals surface area (Å²) in [5.74, 6) is 0.128. The molecule has 0 saturated heterocycles. The van der Waals surface area contributed by atoms with Crippen molar-refractivity contribution in [1.82, 2.24) is 9.13 Å². The van der Waals surface area contributed by atoms with Gasteiger partial charge in [-0.2, -0.15) is 0 Å². The molecule has 0 radical (unpaired) electrons. The van der Waals surface area contributed by atoms with Gasteiger partial charge in [-0.3, -0.25) is 9.36 Å². The number of aryl methyl sites for hydroxylation is 1. The van der Waals surface area contributed by atoms with E-state index in [-0.39, 0.29) is 18.3 Å². The summed E-state index contributed by atoms with van der Waals surface area (Å²) in [6, 6.07) is 15.0. The van der Waals surface area contributed by atoms with E-state index in [1.54, 1.807) is 18.4 Å². The number of carbonyl (C=O) groups excluding carboxylic acids is 1. The lowest BCUT2D eigenvalue weighted by Crippen LogP contribution is -2.40. The number of rotatable bonds is 7. The molecule has 196 valence electrons. The smallest absolute Gasteiger partial charge is 0.338 e. The van der Waals surface area contributed by atoms with Gasteiger partial charge in [0.05, 0.1) is 28.5 Å². The van der Waals surface area contributed by atoms with E-state index in [1.165, 1.54) is 11.3 Å². The molecule has 0 aliphatic carbocycles. The Kier molecular flexibility index (Phi) is 7.08. The third kappa shape index (κ3) is 4.49. The molecule has 0 saturated carbocycles. The van der Waals surface area contributed by atoms with Crippen LogP contribution in [0.3, 0.4) is 0 Å². The fraction of sp³-hybridized carbons (Fsp3) is 0.300. The van der Waals surface area contributed by atoms with Crippen LogP contribution in [-0.4, -0.2) is 27.8 Å². The van der Waals surface area contributed by atoms with Crippen LogP contribution < -0.4 is 19.6 Å². The highest BCUT2D eigenvalue weighted by atomic mass is 32.1. The minimum atomic E-state index is -0.723. The highest BCUT2D eigenvalue weighted by molar-refractivity contribution is 7.07. The zero-order chi connectivity index (χ0) is 27.0. The number of esters is 1. The maximum atomic E-state index is 14.0.